The van der Waals surface area contributed by atoms with E-state index in [1.54, 1.807) is 0 Å². The number of nitrogens with zero attached hydrogens (tertiary/aromatic N) is 3. The van der Waals surface area contributed by atoms with Crippen LogP contribution in [-0.2, 0) is 11.4 Å². The summed E-state index contributed by atoms with van der Waals surface area (Å²) in [5, 5.41) is 11.6. The number of rotatable bonds is 9. The number of anilines is 1. The molecule has 174 valence electrons. The van der Waals surface area contributed by atoms with Crippen LogP contribution >= 0.6 is 11.8 Å². The molecule has 0 fully saturated rings. The van der Waals surface area contributed by atoms with Gasteiger partial charge in [0, 0.05) is 11.3 Å². The molecular formula is C26H27N5O2S. The number of carbonyl (C=O) groups excluding carboxylic acids is 1. The minimum absolute atomic E-state index is 0.149. The van der Waals surface area contributed by atoms with Crippen molar-refractivity contribution in [3.05, 3.63) is 90.3 Å². The third-order valence-corrected chi connectivity index (χ3v) is 6.21. The standard InChI is InChI=1S/C26H27N5O2S/c1-18(2)19-12-14-21(15-13-19)33-16-24-29-30-26(31(24)27)34-17-25(32)28-23-11-7-6-10-22(23)20-8-4-3-5-9-20/h3-15,18H,16-17,27H2,1-2H3,(H,28,32). The number of nitrogens with two attached hydrogens (primary N) is 1. The monoisotopic (exact) mass is 473 g/mol. The zero-order valence-corrected chi connectivity index (χ0v) is 20.0. The molecule has 0 saturated carbocycles. The Hall–Kier alpha value is -3.78. The van der Waals surface area contributed by atoms with Gasteiger partial charge in [0.2, 0.25) is 11.1 Å². The van der Waals surface area contributed by atoms with E-state index in [1.165, 1.54) is 22.0 Å². The average molecular weight is 474 g/mol. The highest BCUT2D eigenvalue weighted by Gasteiger charge is 2.14. The van der Waals surface area contributed by atoms with Crippen molar-refractivity contribution in [2.75, 3.05) is 16.9 Å². The number of hydrogen-bond acceptors (Lipinski definition) is 6. The Morgan fingerprint density at radius 1 is 1.00 bits per heavy atom. The summed E-state index contributed by atoms with van der Waals surface area (Å²) in [5.74, 6) is 7.80. The first kappa shape index (κ1) is 23.4. The summed E-state index contributed by atoms with van der Waals surface area (Å²) in [7, 11) is 0. The third-order valence-electron chi connectivity index (χ3n) is 5.27. The lowest BCUT2D eigenvalue weighted by Crippen LogP contribution is -2.18. The molecule has 3 N–H and O–H groups in total. The van der Waals surface area contributed by atoms with Crippen LogP contribution < -0.4 is 15.9 Å². The Morgan fingerprint density at radius 2 is 1.71 bits per heavy atom. The molecule has 4 aromatic rings. The molecule has 0 aliphatic rings. The summed E-state index contributed by atoms with van der Waals surface area (Å²) in [6.45, 7) is 4.48. The Morgan fingerprint density at radius 3 is 2.44 bits per heavy atom. The number of carbonyl (C=O) groups is 1. The smallest absolute Gasteiger partial charge is 0.234 e. The fourth-order valence-corrected chi connectivity index (χ4v) is 4.05. The Kier molecular flexibility index (Phi) is 7.49. The summed E-state index contributed by atoms with van der Waals surface area (Å²) in [6.07, 6.45) is 0. The maximum Gasteiger partial charge on any atom is 0.234 e. The number of thioether (sulfide) groups is 1. The minimum atomic E-state index is -0.153. The van der Waals surface area contributed by atoms with Crippen LogP contribution in [0.2, 0.25) is 0 Å². The molecule has 0 saturated heterocycles. The van der Waals surface area contributed by atoms with Crippen molar-refractivity contribution in [1.82, 2.24) is 14.9 Å². The molecular weight excluding hydrogens is 446 g/mol. The molecule has 1 heterocycles. The van der Waals surface area contributed by atoms with Gasteiger partial charge in [-0.3, -0.25) is 4.79 Å². The van der Waals surface area contributed by atoms with Crippen molar-refractivity contribution >= 4 is 23.4 Å². The van der Waals surface area contributed by atoms with Gasteiger partial charge in [0.25, 0.3) is 0 Å². The lowest BCUT2D eigenvalue weighted by Gasteiger charge is -2.11. The molecule has 1 amide bonds. The SMILES string of the molecule is CC(C)c1ccc(OCc2nnc(SCC(=O)Nc3ccccc3-c3ccccc3)n2N)cc1. The second-order valence-corrected chi connectivity index (χ2v) is 8.97. The zero-order valence-electron chi connectivity index (χ0n) is 19.1. The molecule has 0 bridgehead atoms. The third kappa shape index (κ3) is 5.77. The van der Waals surface area contributed by atoms with E-state index in [0.717, 1.165) is 22.6 Å². The van der Waals surface area contributed by atoms with Crippen LogP contribution in [0.4, 0.5) is 5.69 Å². The maximum absolute atomic E-state index is 12.6. The molecule has 0 aliphatic carbocycles. The number of aromatic nitrogens is 3. The lowest BCUT2D eigenvalue weighted by molar-refractivity contribution is -0.113. The fraction of sp³-hybridized carbons (Fsp3) is 0.192. The van der Waals surface area contributed by atoms with Gasteiger partial charge in [-0.1, -0.05) is 86.3 Å². The molecule has 7 nitrogen and oxygen atoms in total. The number of nitrogen functional groups attached to an aromatic ring is 1. The van der Waals surface area contributed by atoms with Crippen LogP contribution in [0.25, 0.3) is 11.1 Å². The van der Waals surface area contributed by atoms with Gasteiger partial charge in [0.15, 0.2) is 5.82 Å². The second kappa shape index (κ2) is 10.9. The highest BCUT2D eigenvalue weighted by atomic mass is 32.2. The van der Waals surface area contributed by atoms with E-state index in [1.807, 2.05) is 78.9 Å². The number of para-hydroxylation sites is 1. The van der Waals surface area contributed by atoms with E-state index in [0.29, 0.717) is 16.9 Å². The predicted octanol–water partition coefficient (Wildman–Crippen LogP) is 5.09. The largest absolute Gasteiger partial charge is 0.486 e. The molecule has 8 heteroatoms. The Balaban J connectivity index is 1.33. The average Bonchev–Trinajstić information content (AvgIpc) is 3.21. The Bertz CT molecular complexity index is 1240. The van der Waals surface area contributed by atoms with E-state index < -0.39 is 0 Å². The number of hydrogen-bond donors (Lipinski definition) is 2. The van der Waals surface area contributed by atoms with Crippen LogP contribution in [0, 0.1) is 0 Å². The van der Waals surface area contributed by atoms with Crippen molar-refractivity contribution in [3.63, 3.8) is 0 Å². The molecule has 3 aromatic carbocycles. The number of benzene rings is 3. The first-order valence-electron chi connectivity index (χ1n) is 11.0. The summed E-state index contributed by atoms with van der Waals surface area (Å²) in [6, 6.07) is 25.6. The van der Waals surface area contributed by atoms with E-state index in [4.69, 9.17) is 10.6 Å². The van der Waals surface area contributed by atoms with Gasteiger partial charge < -0.3 is 15.9 Å². The van der Waals surface area contributed by atoms with Crippen molar-refractivity contribution < 1.29 is 9.53 Å². The van der Waals surface area contributed by atoms with Crippen LogP contribution in [-0.4, -0.2) is 26.5 Å². The van der Waals surface area contributed by atoms with Gasteiger partial charge in [-0.05, 0) is 35.2 Å². The zero-order chi connectivity index (χ0) is 23.9. The summed E-state index contributed by atoms with van der Waals surface area (Å²) in [4.78, 5) is 12.6. The molecule has 4 rings (SSSR count). The van der Waals surface area contributed by atoms with E-state index in [2.05, 4.69) is 29.4 Å². The van der Waals surface area contributed by atoms with Gasteiger partial charge in [-0.2, -0.15) is 0 Å². The van der Waals surface area contributed by atoms with E-state index in [-0.39, 0.29) is 18.3 Å². The molecule has 0 spiro atoms. The van der Waals surface area contributed by atoms with Crippen molar-refractivity contribution in [3.8, 4) is 16.9 Å². The second-order valence-electron chi connectivity index (χ2n) is 8.03. The van der Waals surface area contributed by atoms with E-state index in [9.17, 15) is 4.79 Å². The minimum Gasteiger partial charge on any atom is -0.486 e. The van der Waals surface area contributed by atoms with Gasteiger partial charge in [0.05, 0.1) is 5.75 Å². The first-order chi connectivity index (χ1) is 16.5. The molecule has 0 atom stereocenters. The van der Waals surface area contributed by atoms with Crippen LogP contribution in [0.15, 0.2) is 84.0 Å². The van der Waals surface area contributed by atoms with Crippen molar-refractivity contribution in [1.29, 1.82) is 0 Å². The van der Waals surface area contributed by atoms with Crippen molar-refractivity contribution in [2.24, 2.45) is 0 Å². The lowest BCUT2D eigenvalue weighted by atomic mass is 10.0. The summed E-state index contributed by atoms with van der Waals surface area (Å²) < 4.78 is 7.15. The summed E-state index contributed by atoms with van der Waals surface area (Å²) >= 11 is 1.22. The number of ether oxygens (including phenoxy) is 1. The normalized spacial score (nSPS) is 10.9. The highest BCUT2D eigenvalue weighted by molar-refractivity contribution is 7.99. The van der Waals surface area contributed by atoms with Gasteiger partial charge >= 0.3 is 0 Å². The Labute approximate surface area is 203 Å². The topological polar surface area (TPSA) is 95.1 Å². The molecule has 0 unspecified atom stereocenters. The quantitative estimate of drug-likeness (QED) is 0.260. The van der Waals surface area contributed by atoms with Gasteiger partial charge in [-0.15, -0.1) is 10.2 Å². The fourth-order valence-electron chi connectivity index (χ4n) is 3.38. The number of amides is 1. The highest BCUT2D eigenvalue weighted by Crippen LogP contribution is 2.28. The number of nitrogens with one attached hydrogen (secondary N) is 1. The van der Waals surface area contributed by atoms with Crippen LogP contribution in [0.1, 0.15) is 31.2 Å². The molecule has 34 heavy (non-hydrogen) atoms. The molecule has 0 aliphatic heterocycles. The first-order valence-corrected chi connectivity index (χ1v) is 12.0. The van der Waals surface area contributed by atoms with Gasteiger partial charge in [0.1, 0.15) is 12.4 Å². The van der Waals surface area contributed by atoms with E-state index >= 15 is 0 Å². The van der Waals surface area contributed by atoms with Gasteiger partial charge in [-0.25, -0.2) is 4.68 Å². The maximum atomic E-state index is 12.6. The molecule has 1 aromatic heterocycles. The van der Waals surface area contributed by atoms with Crippen LogP contribution in [0.5, 0.6) is 5.75 Å². The van der Waals surface area contributed by atoms with Crippen molar-refractivity contribution in [2.45, 2.75) is 31.5 Å². The predicted molar refractivity (Wildman–Crippen MR) is 136 cm³/mol. The summed E-state index contributed by atoms with van der Waals surface area (Å²) in [5.41, 5.74) is 4.00. The van der Waals surface area contributed by atoms with Crippen LogP contribution in [0.3, 0.4) is 0 Å². The molecule has 0 radical (unpaired) electrons.